The van der Waals surface area contributed by atoms with Gasteiger partial charge in [-0.15, -0.1) is 0 Å². The molecule has 2 N–H and O–H groups in total. The Balaban J connectivity index is 2.26. The number of nitrogens with one attached hydrogen (secondary N) is 1. The maximum Gasteiger partial charge on any atom is 0.172 e. The van der Waals surface area contributed by atoms with Crippen LogP contribution >= 0.6 is 0 Å². The molecule has 0 radical (unpaired) electrons. The van der Waals surface area contributed by atoms with Crippen LogP contribution in [0.15, 0.2) is 45.2 Å². The van der Waals surface area contributed by atoms with E-state index in [2.05, 4.69) is 0 Å². The van der Waals surface area contributed by atoms with Crippen molar-refractivity contribution < 1.29 is 28.7 Å². The monoisotopic (exact) mass is 359 g/mol. The Hall–Kier alpha value is -2.74. The van der Waals surface area contributed by atoms with E-state index in [1.165, 1.54) is 20.3 Å². The third-order valence-corrected chi connectivity index (χ3v) is 4.19. The van der Waals surface area contributed by atoms with Crippen LogP contribution in [0.25, 0.3) is 0 Å². The van der Waals surface area contributed by atoms with Crippen LogP contribution in [-0.2, 0) is 0 Å². The van der Waals surface area contributed by atoms with E-state index in [1.54, 1.807) is 6.07 Å². The predicted octanol–water partition coefficient (Wildman–Crippen LogP) is 3.09. The van der Waals surface area contributed by atoms with Crippen molar-refractivity contribution in [3.63, 3.8) is 0 Å². The highest BCUT2D eigenvalue weighted by Gasteiger charge is 2.30. The number of quaternary nitrogens is 1. The van der Waals surface area contributed by atoms with Gasteiger partial charge in [-0.05, 0) is 44.2 Å². The van der Waals surface area contributed by atoms with Gasteiger partial charge in [0.2, 0.25) is 0 Å². The number of rotatable bonds is 6. The molecule has 2 heterocycles. The molecule has 0 aliphatic rings. The number of ether oxygens (including phenoxy) is 2. The SMILES string of the molecule is COc1cc(C(c2ccc(C)o2)c2ccc(C)o2)c([NH+]([O-])O)cc1OC. The Labute approximate surface area is 150 Å². The van der Waals surface area contributed by atoms with Gasteiger partial charge in [-0.2, -0.15) is 5.23 Å². The molecule has 0 spiro atoms. The fraction of sp³-hybridized carbons (Fsp3) is 0.263. The van der Waals surface area contributed by atoms with Gasteiger partial charge in [-0.3, -0.25) is 0 Å². The minimum atomic E-state index is -1.07. The lowest BCUT2D eigenvalue weighted by molar-refractivity contribution is -0.991. The fourth-order valence-electron chi connectivity index (χ4n) is 2.98. The minimum Gasteiger partial charge on any atom is -0.595 e. The van der Waals surface area contributed by atoms with Gasteiger partial charge in [0.1, 0.15) is 29.0 Å². The summed E-state index contributed by atoms with van der Waals surface area (Å²) in [7, 11) is 2.97. The first kappa shape index (κ1) is 18.1. The molecule has 3 rings (SSSR count). The van der Waals surface area contributed by atoms with Crippen molar-refractivity contribution >= 4 is 5.69 Å². The van der Waals surface area contributed by atoms with Crippen LogP contribution in [0.5, 0.6) is 11.5 Å². The van der Waals surface area contributed by atoms with Crippen molar-refractivity contribution in [3.05, 3.63) is 70.2 Å². The van der Waals surface area contributed by atoms with E-state index in [9.17, 15) is 10.4 Å². The number of hydrogen-bond acceptors (Lipinski definition) is 6. The zero-order chi connectivity index (χ0) is 18.8. The summed E-state index contributed by atoms with van der Waals surface area (Å²) < 4.78 is 22.2. The van der Waals surface area contributed by atoms with Gasteiger partial charge in [0.15, 0.2) is 17.2 Å². The van der Waals surface area contributed by atoms with Gasteiger partial charge in [0.05, 0.1) is 14.2 Å². The number of hydrogen-bond donors (Lipinski definition) is 2. The van der Waals surface area contributed by atoms with Crippen molar-refractivity contribution in [2.24, 2.45) is 0 Å². The molecule has 2 aromatic heterocycles. The summed E-state index contributed by atoms with van der Waals surface area (Å²) in [6, 6.07) is 10.4. The van der Waals surface area contributed by atoms with Crippen molar-refractivity contribution in [2.75, 3.05) is 14.2 Å². The molecule has 0 saturated heterocycles. The summed E-state index contributed by atoms with van der Waals surface area (Å²) in [5.74, 6) is 2.89. The van der Waals surface area contributed by atoms with Crippen molar-refractivity contribution in [1.82, 2.24) is 0 Å². The minimum absolute atomic E-state index is 0.0933. The molecule has 0 aliphatic heterocycles. The first-order valence-electron chi connectivity index (χ1n) is 8.06. The van der Waals surface area contributed by atoms with Crippen LogP contribution in [-0.4, -0.2) is 19.4 Å². The molecule has 138 valence electrons. The topological polar surface area (TPSA) is 92.5 Å². The van der Waals surface area contributed by atoms with Crippen LogP contribution in [0.1, 0.15) is 34.5 Å². The first-order valence-corrected chi connectivity index (χ1v) is 8.06. The second-order valence-electron chi connectivity index (χ2n) is 5.93. The number of aryl methyl sites for hydroxylation is 2. The Kier molecular flexibility index (Phi) is 5.03. The lowest BCUT2D eigenvalue weighted by atomic mass is 9.92. The molecule has 0 amide bonds. The molecular weight excluding hydrogens is 338 g/mol. The number of methoxy groups -OCH3 is 2. The van der Waals surface area contributed by atoms with Gasteiger partial charge in [-0.25, -0.2) is 5.21 Å². The van der Waals surface area contributed by atoms with Gasteiger partial charge < -0.3 is 23.5 Å². The molecular formula is C19H21NO6. The van der Waals surface area contributed by atoms with Gasteiger partial charge in [-0.1, -0.05) is 0 Å². The van der Waals surface area contributed by atoms with Crippen LogP contribution in [0.4, 0.5) is 5.69 Å². The largest absolute Gasteiger partial charge is 0.595 e. The van der Waals surface area contributed by atoms with Crippen LogP contribution < -0.4 is 14.7 Å². The quantitative estimate of drug-likeness (QED) is 0.657. The third-order valence-electron chi connectivity index (χ3n) is 4.19. The number of furan rings is 2. The van der Waals surface area contributed by atoms with Gasteiger partial charge >= 0.3 is 0 Å². The Morgan fingerprint density at radius 2 is 1.42 bits per heavy atom. The van der Waals surface area contributed by atoms with Crippen molar-refractivity contribution in [3.8, 4) is 11.5 Å². The Bertz CT molecular complexity index is 855. The van der Waals surface area contributed by atoms with Crippen molar-refractivity contribution in [2.45, 2.75) is 19.8 Å². The highest BCUT2D eigenvalue weighted by Crippen LogP contribution is 2.41. The smallest absolute Gasteiger partial charge is 0.172 e. The third kappa shape index (κ3) is 3.32. The summed E-state index contributed by atoms with van der Waals surface area (Å²) in [6.07, 6.45) is 0. The number of benzene rings is 1. The van der Waals surface area contributed by atoms with E-state index in [-0.39, 0.29) is 5.69 Å². The molecule has 7 nitrogen and oxygen atoms in total. The summed E-state index contributed by atoms with van der Waals surface area (Å²) in [4.78, 5) is 0. The van der Waals surface area contributed by atoms with E-state index in [0.717, 1.165) is 11.5 Å². The summed E-state index contributed by atoms with van der Waals surface area (Å²) >= 11 is 0. The van der Waals surface area contributed by atoms with Crippen LogP contribution in [0.2, 0.25) is 0 Å². The molecule has 0 saturated carbocycles. The summed E-state index contributed by atoms with van der Waals surface area (Å²) in [5, 5.41) is 20.6. The Morgan fingerprint density at radius 1 is 0.923 bits per heavy atom. The van der Waals surface area contributed by atoms with Gasteiger partial charge in [0, 0.05) is 11.6 Å². The van der Waals surface area contributed by atoms with E-state index < -0.39 is 11.1 Å². The summed E-state index contributed by atoms with van der Waals surface area (Å²) in [6.45, 7) is 3.67. The average Bonchev–Trinajstić information content (AvgIpc) is 3.23. The average molecular weight is 359 g/mol. The highest BCUT2D eigenvalue weighted by atomic mass is 16.8. The second kappa shape index (κ2) is 7.25. The van der Waals surface area contributed by atoms with E-state index in [1.807, 2.05) is 38.1 Å². The molecule has 0 aliphatic carbocycles. The molecule has 3 aromatic rings. The first-order chi connectivity index (χ1) is 12.4. The predicted molar refractivity (Wildman–Crippen MR) is 93.2 cm³/mol. The van der Waals surface area contributed by atoms with E-state index in [0.29, 0.717) is 28.6 Å². The molecule has 1 unspecified atom stereocenters. The Morgan fingerprint density at radius 3 is 1.81 bits per heavy atom. The van der Waals surface area contributed by atoms with Crippen LogP contribution in [0, 0.1) is 19.1 Å². The second-order valence-corrected chi connectivity index (χ2v) is 5.93. The van der Waals surface area contributed by atoms with Gasteiger partial charge in [0.25, 0.3) is 0 Å². The normalized spacial score (nSPS) is 12.4. The maximum absolute atomic E-state index is 11.9. The lowest BCUT2D eigenvalue weighted by Gasteiger charge is -2.22. The zero-order valence-electron chi connectivity index (χ0n) is 15.0. The molecule has 1 aromatic carbocycles. The summed E-state index contributed by atoms with van der Waals surface area (Å²) in [5.41, 5.74) is 0.592. The molecule has 0 fully saturated rings. The molecule has 26 heavy (non-hydrogen) atoms. The van der Waals surface area contributed by atoms with Crippen molar-refractivity contribution in [1.29, 1.82) is 0 Å². The molecule has 1 atom stereocenters. The lowest BCUT2D eigenvalue weighted by Crippen LogP contribution is -2.99. The van der Waals surface area contributed by atoms with Crippen LogP contribution in [0.3, 0.4) is 0 Å². The fourth-order valence-corrected chi connectivity index (χ4v) is 2.98. The molecule has 7 heteroatoms. The highest BCUT2D eigenvalue weighted by molar-refractivity contribution is 5.58. The zero-order valence-corrected chi connectivity index (χ0v) is 15.0. The standard InChI is InChI=1S/C19H21NO6/c1-11-5-7-15(25-11)19(16-8-6-12(2)26-16)13-9-17(23-3)18(24-4)10-14(13)20(21)22/h5-10,19-21H,1-4H3. The van der Waals surface area contributed by atoms with E-state index in [4.69, 9.17) is 18.3 Å². The maximum atomic E-state index is 11.9. The van der Waals surface area contributed by atoms with E-state index >= 15 is 0 Å². The molecule has 0 bridgehead atoms.